The van der Waals surface area contributed by atoms with E-state index in [0.717, 1.165) is 5.56 Å². The summed E-state index contributed by atoms with van der Waals surface area (Å²) in [6.07, 6.45) is -0.286. The maximum Gasteiger partial charge on any atom is 0.430 e. The highest BCUT2D eigenvalue weighted by molar-refractivity contribution is 6.12. The molecule has 0 fully saturated rings. The highest BCUT2D eigenvalue weighted by Gasteiger charge is 2.11. The van der Waals surface area contributed by atoms with Crippen LogP contribution in [0.2, 0.25) is 0 Å². The van der Waals surface area contributed by atoms with E-state index in [9.17, 15) is 14.4 Å². The molecule has 0 saturated carbocycles. The van der Waals surface area contributed by atoms with E-state index in [4.69, 9.17) is 10.5 Å². The summed E-state index contributed by atoms with van der Waals surface area (Å²) in [5.41, 5.74) is 8.28. The lowest BCUT2D eigenvalue weighted by molar-refractivity contribution is 0.162. The molecule has 9 nitrogen and oxygen atoms in total. The van der Waals surface area contributed by atoms with Crippen LogP contribution in [-0.2, 0) is 9.63 Å². The number of carbonyl (C=O) groups is 2. The van der Waals surface area contributed by atoms with Crippen LogP contribution in [0.5, 0.6) is 5.75 Å². The summed E-state index contributed by atoms with van der Waals surface area (Å²) in [6.45, 7) is 1.78. The van der Waals surface area contributed by atoms with Crippen LogP contribution in [-0.4, -0.2) is 24.0 Å². The summed E-state index contributed by atoms with van der Waals surface area (Å²) < 4.78 is 5.28. The van der Waals surface area contributed by atoms with Crippen LogP contribution >= 0.6 is 0 Å². The first kappa shape index (κ1) is 21.9. The minimum Gasteiger partial charge on any atom is -0.410 e. The molecule has 0 spiro atoms. The lowest BCUT2D eigenvalue weighted by Crippen LogP contribution is -2.16. The number of aliphatic imine (C=N–C) groups is 1. The third-order valence-electron chi connectivity index (χ3n) is 4.23. The molecule has 2 amide bonds. The quantitative estimate of drug-likeness (QED) is 0.258. The lowest BCUT2D eigenvalue weighted by atomic mass is 10.0. The molecule has 0 atom stereocenters. The normalized spacial score (nSPS) is 10.6. The third-order valence-corrected chi connectivity index (χ3v) is 4.23. The predicted molar refractivity (Wildman–Crippen MR) is 118 cm³/mol. The zero-order valence-corrected chi connectivity index (χ0v) is 16.9. The van der Waals surface area contributed by atoms with Crippen molar-refractivity contribution in [2.45, 2.75) is 6.92 Å². The molecule has 3 N–H and O–H groups in total. The summed E-state index contributed by atoms with van der Waals surface area (Å²) in [6, 6.07) is 20.4. The van der Waals surface area contributed by atoms with E-state index in [0.29, 0.717) is 28.2 Å². The van der Waals surface area contributed by atoms with E-state index >= 15 is 0 Å². The van der Waals surface area contributed by atoms with E-state index in [-0.39, 0.29) is 5.75 Å². The number of benzene rings is 3. The molecule has 0 saturated heterocycles. The minimum absolute atomic E-state index is 0.271. The van der Waals surface area contributed by atoms with Crippen molar-refractivity contribution in [2.75, 3.05) is 5.32 Å². The van der Waals surface area contributed by atoms with Gasteiger partial charge in [-0.3, -0.25) is 10.2 Å². The molecule has 0 aromatic heterocycles. The smallest absolute Gasteiger partial charge is 0.410 e. The summed E-state index contributed by atoms with van der Waals surface area (Å²) in [4.78, 5) is 41.9. The second-order valence-electron chi connectivity index (χ2n) is 6.46. The highest BCUT2D eigenvalue weighted by Crippen LogP contribution is 2.23. The first-order chi connectivity index (χ1) is 15.5. The Morgan fingerprint density at radius 2 is 1.66 bits per heavy atom. The zero-order valence-electron chi connectivity index (χ0n) is 16.9. The van der Waals surface area contributed by atoms with Gasteiger partial charge in [-0.25, -0.2) is 14.4 Å². The summed E-state index contributed by atoms with van der Waals surface area (Å²) in [5.74, 6) is 0.271. The van der Waals surface area contributed by atoms with Crippen LogP contribution in [0.15, 0.2) is 82.9 Å². The van der Waals surface area contributed by atoms with E-state index < -0.39 is 12.2 Å². The molecule has 0 aliphatic carbocycles. The molecule has 0 heterocycles. The Hall–Kier alpha value is -4.75. The van der Waals surface area contributed by atoms with Gasteiger partial charge < -0.3 is 10.5 Å². The number of nitrogens with zero attached hydrogens (tertiary/aromatic N) is 2. The van der Waals surface area contributed by atoms with E-state index in [2.05, 4.69) is 20.3 Å². The molecular formula is C23H18N4O5. The first-order valence-electron chi connectivity index (χ1n) is 9.34. The number of primary amides is 1. The third kappa shape index (κ3) is 5.88. The number of nitrogens with one attached hydrogen (secondary N) is 1. The Kier molecular flexibility index (Phi) is 7.09. The van der Waals surface area contributed by atoms with Crippen molar-refractivity contribution in [1.29, 1.82) is 0 Å². The van der Waals surface area contributed by atoms with Crippen molar-refractivity contribution >= 4 is 35.4 Å². The number of nitrogens with two attached hydrogens (primary N) is 1. The van der Waals surface area contributed by atoms with Gasteiger partial charge in [0.2, 0.25) is 6.08 Å². The molecule has 0 unspecified atom stereocenters. The van der Waals surface area contributed by atoms with Crippen molar-refractivity contribution in [3.05, 3.63) is 89.5 Å². The summed E-state index contributed by atoms with van der Waals surface area (Å²) >= 11 is 0. The van der Waals surface area contributed by atoms with E-state index in [1.54, 1.807) is 55.5 Å². The Labute approximate surface area is 183 Å². The molecule has 0 aliphatic heterocycles. The SMILES string of the molecule is Cc1ccc(NC(=O)Oc2ccc(/C(=N/OC(N)=O)c3ccccc3)cc2)cc1N=C=O. The van der Waals surface area contributed by atoms with Crippen molar-refractivity contribution in [3.63, 3.8) is 0 Å². The Morgan fingerprint density at radius 1 is 0.969 bits per heavy atom. The van der Waals surface area contributed by atoms with Gasteiger partial charge in [-0.2, -0.15) is 4.99 Å². The Bertz CT molecular complexity index is 1200. The lowest BCUT2D eigenvalue weighted by Gasteiger charge is -2.10. The van der Waals surface area contributed by atoms with Crippen LogP contribution in [0.4, 0.5) is 21.0 Å². The number of ether oxygens (including phenoxy) is 1. The standard InChI is InChI=1S/C23H18N4O5/c1-15-7-10-18(13-20(15)25-14-28)26-23(30)31-19-11-8-17(9-12-19)21(27-32-22(24)29)16-5-3-2-4-6-16/h2-13H,1H3,(H2,24,29)(H,26,30)/b27-21+. The van der Waals surface area contributed by atoms with Crippen molar-refractivity contribution in [1.82, 2.24) is 0 Å². The Morgan fingerprint density at radius 3 is 2.31 bits per heavy atom. The van der Waals surface area contributed by atoms with Crippen LogP contribution in [0, 0.1) is 6.92 Å². The number of rotatable bonds is 6. The van der Waals surface area contributed by atoms with Gasteiger partial charge in [0.25, 0.3) is 0 Å². The number of oxime groups is 1. The van der Waals surface area contributed by atoms with E-state index in [1.165, 1.54) is 12.1 Å². The predicted octanol–water partition coefficient (Wildman–Crippen LogP) is 4.42. The topological polar surface area (TPSA) is 132 Å². The van der Waals surface area contributed by atoms with Gasteiger partial charge in [-0.15, -0.1) is 0 Å². The van der Waals surface area contributed by atoms with Crippen LogP contribution < -0.4 is 15.8 Å². The number of isocyanates is 1. The molecule has 32 heavy (non-hydrogen) atoms. The Balaban J connectivity index is 1.74. The van der Waals surface area contributed by atoms with Gasteiger partial charge in [-0.05, 0) is 48.9 Å². The van der Waals surface area contributed by atoms with Crippen LogP contribution in [0.1, 0.15) is 16.7 Å². The molecule has 3 aromatic carbocycles. The second-order valence-corrected chi connectivity index (χ2v) is 6.46. The van der Waals surface area contributed by atoms with Crippen molar-refractivity contribution in [3.8, 4) is 5.75 Å². The number of carbonyl (C=O) groups excluding carboxylic acids is 3. The van der Waals surface area contributed by atoms with Crippen LogP contribution in [0.3, 0.4) is 0 Å². The molecule has 0 radical (unpaired) electrons. The van der Waals surface area contributed by atoms with Gasteiger partial charge in [-0.1, -0.05) is 41.6 Å². The molecule has 3 rings (SSSR count). The highest BCUT2D eigenvalue weighted by atomic mass is 16.7. The fraction of sp³-hybridized carbons (Fsp3) is 0.0435. The largest absolute Gasteiger partial charge is 0.430 e. The molecule has 0 bridgehead atoms. The first-order valence-corrected chi connectivity index (χ1v) is 9.34. The van der Waals surface area contributed by atoms with Crippen molar-refractivity contribution < 1.29 is 24.0 Å². The molecule has 9 heteroatoms. The van der Waals surface area contributed by atoms with Gasteiger partial charge in [0.15, 0.2) is 0 Å². The summed E-state index contributed by atoms with van der Waals surface area (Å²) in [7, 11) is 0. The number of hydrogen-bond donors (Lipinski definition) is 2. The maximum atomic E-state index is 12.2. The average Bonchev–Trinajstić information content (AvgIpc) is 2.78. The van der Waals surface area contributed by atoms with Gasteiger partial charge in [0, 0.05) is 16.8 Å². The number of anilines is 1. The molecule has 160 valence electrons. The number of aryl methyl sites for hydroxylation is 1. The second kappa shape index (κ2) is 10.3. The fourth-order valence-corrected chi connectivity index (χ4v) is 2.75. The zero-order chi connectivity index (χ0) is 22.9. The summed E-state index contributed by atoms with van der Waals surface area (Å²) in [5, 5.41) is 6.39. The monoisotopic (exact) mass is 430 g/mol. The number of hydrogen-bond acceptors (Lipinski definition) is 7. The molecular weight excluding hydrogens is 412 g/mol. The average molecular weight is 430 g/mol. The minimum atomic E-state index is -1.03. The van der Waals surface area contributed by atoms with Gasteiger partial charge in [0.1, 0.15) is 11.5 Å². The molecule has 3 aromatic rings. The van der Waals surface area contributed by atoms with Crippen molar-refractivity contribution in [2.24, 2.45) is 15.9 Å². The van der Waals surface area contributed by atoms with Gasteiger partial charge in [0.05, 0.1) is 5.69 Å². The van der Waals surface area contributed by atoms with E-state index in [1.807, 2.05) is 18.2 Å². The fourth-order valence-electron chi connectivity index (χ4n) is 2.75. The number of amides is 2. The van der Waals surface area contributed by atoms with Gasteiger partial charge >= 0.3 is 12.2 Å². The molecule has 0 aliphatic rings. The maximum absolute atomic E-state index is 12.2. The van der Waals surface area contributed by atoms with Crippen LogP contribution in [0.25, 0.3) is 0 Å².